The second-order valence-electron chi connectivity index (χ2n) is 7.10. The highest BCUT2D eigenvalue weighted by atomic mass is 19.1. The van der Waals surface area contributed by atoms with E-state index in [-0.39, 0.29) is 17.8 Å². The molecule has 6 rings (SSSR count). The summed E-state index contributed by atoms with van der Waals surface area (Å²) < 4.78 is 16.1. The minimum Gasteiger partial charge on any atom is -0.345 e. The third-order valence-corrected chi connectivity index (χ3v) is 5.92. The largest absolute Gasteiger partial charge is 0.345 e. The number of amides is 1. The summed E-state index contributed by atoms with van der Waals surface area (Å²) in [5, 5.41) is 0.823. The third kappa shape index (κ3) is 1.96. The van der Waals surface area contributed by atoms with E-state index in [1.165, 1.54) is 25.0 Å². The molecular weight excluding hydrogens is 293 g/mol. The van der Waals surface area contributed by atoms with Crippen molar-refractivity contribution < 1.29 is 9.18 Å². The number of hydrogen-bond acceptors (Lipinski definition) is 2. The van der Waals surface area contributed by atoms with Crippen LogP contribution in [-0.4, -0.2) is 52.5 Å². The molecule has 0 spiro atoms. The molecule has 23 heavy (non-hydrogen) atoms. The highest BCUT2D eigenvalue weighted by Crippen LogP contribution is 2.34. The fourth-order valence-electron chi connectivity index (χ4n) is 4.74. The summed E-state index contributed by atoms with van der Waals surface area (Å²) in [6.45, 7) is 4.80. The molecule has 3 fully saturated rings. The van der Waals surface area contributed by atoms with Gasteiger partial charge in [0.25, 0.3) is 5.91 Å². The summed E-state index contributed by atoms with van der Waals surface area (Å²) in [6.07, 6.45) is 4.33. The summed E-state index contributed by atoms with van der Waals surface area (Å²) in [4.78, 5) is 17.7. The molecule has 3 saturated heterocycles. The minimum atomic E-state index is -0.325. The number of piperidine rings is 3. The maximum absolute atomic E-state index is 14.0. The van der Waals surface area contributed by atoms with E-state index < -0.39 is 0 Å². The van der Waals surface area contributed by atoms with E-state index in [0.29, 0.717) is 18.0 Å². The van der Waals surface area contributed by atoms with Crippen molar-refractivity contribution in [1.29, 1.82) is 0 Å². The van der Waals surface area contributed by atoms with Crippen LogP contribution in [0.15, 0.2) is 24.4 Å². The first-order chi connectivity index (χ1) is 11.2. The Bertz CT molecular complexity index is 791. The van der Waals surface area contributed by atoms with E-state index in [1.54, 1.807) is 0 Å². The van der Waals surface area contributed by atoms with Crippen LogP contribution in [0.5, 0.6) is 0 Å². The molecule has 4 aliphatic rings. The molecule has 4 nitrogen and oxygen atoms in total. The van der Waals surface area contributed by atoms with Gasteiger partial charge in [-0.2, -0.15) is 0 Å². The zero-order valence-corrected chi connectivity index (χ0v) is 13.0. The lowest BCUT2D eigenvalue weighted by Gasteiger charge is -2.48. The zero-order valence-electron chi connectivity index (χ0n) is 13.0. The molecule has 5 heteroatoms. The standard InChI is InChI=1S/C18H20FN3O/c19-14-9-13-3-6-21-7-8-22(18(23)15(10-14)17(13)21)16-11-20-4-1-12(16)2-5-20/h3,6,9-10,12,16H,1-2,4-5,7-8,11H2. The summed E-state index contributed by atoms with van der Waals surface area (Å²) in [5.74, 6) is 0.283. The Hall–Kier alpha value is -1.88. The smallest absolute Gasteiger partial charge is 0.256 e. The van der Waals surface area contributed by atoms with Crippen molar-refractivity contribution in [2.24, 2.45) is 5.92 Å². The van der Waals surface area contributed by atoms with Gasteiger partial charge in [-0.05, 0) is 50.0 Å². The first kappa shape index (κ1) is 13.5. The van der Waals surface area contributed by atoms with E-state index in [4.69, 9.17) is 0 Å². The molecule has 2 bridgehead atoms. The van der Waals surface area contributed by atoms with Gasteiger partial charge in [-0.3, -0.25) is 4.79 Å². The molecule has 2 aromatic rings. The van der Waals surface area contributed by atoms with Gasteiger partial charge in [-0.1, -0.05) is 0 Å². The predicted octanol–water partition coefficient (Wildman–Crippen LogP) is 2.33. The number of carbonyl (C=O) groups is 1. The van der Waals surface area contributed by atoms with Gasteiger partial charge in [0.1, 0.15) is 5.82 Å². The number of aromatic nitrogens is 1. The van der Waals surface area contributed by atoms with Crippen LogP contribution in [0.2, 0.25) is 0 Å². The monoisotopic (exact) mass is 313 g/mol. The molecule has 5 heterocycles. The Labute approximate surface area is 134 Å². The fraction of sp³-hybridized carbons (Fsp3) is 0.500. The molecule has 1 atom stereocenters. The Kier molecular flexibility index (Phi) is 2.83. The maximum atomic E-state index is 14.0. The highest BCUT2D eigenvalue weighted by Gasteiger charge is 2.40. The Morgan fingerprint density at radius 2 is 1.91 bits per heavy atom. The first-order valence-corrected chi connectivity index (χ1v) is 8.52. The molecule has 1 aromatic carbocycles. The SMILES string of the molecule is O=C1c2cc(F)cc3ccn(c23)CCN1C1CN2CCC1CC2. The van der Waals surface area contributed by atoms with E-state index in [1.807, 2.05) is 17.2 Å². The topological polar surface area (TPSA) is 28.5 Å². The number of rotatable bonds is 1. The number of nitrogens with zero attached hydrogens (tertiary/aromatic N) is 3. The summed E-state index contributed by atoms with van der Waals surface area (Å²) in [6, 6.07) is 5.12. The predicted molar refractivity (Wildman–Crippen MR) is 85.9 cm³/mol. The zero-order chi connectivity index (χ0) is 15.6. The van der Waals surface area contributed by atoms with Crippen LogP contribution in [0.25, 0.3) is 10.9 Å². The lowest BCUT2D eigenvalue weighted by atomic mass is 9.83. The van der Waals surface area contributed by atoms with Crippen molar-refractivity contribution >= 4 is 16.8 Å². The first-order valence-electron chi connectivity index (χ1n) is 8.52. The van der Waals surface area contributed by atoms with E-state index >= 15 is 0 Å². The molecular formula is C18H20FN3O. The van der Waals surface area contributed by atoms with Crippen molar-refractivity contribution in [2.45, 2.75) is 25.4 Å². The van der Waals surface area contributed by atoms with Gasteiger partial charge in [0, 0.05) is 37.3 Å². The van der Waals surface area contributed by atoms with Crippen LogP contribution in [-0.2, 0) is 6.54 Å². The van der Waals surface area contributed by atoms with Gasteiger partial charge in [-0.25, -0.2) is 4.39 Å². The van der Waals surface area contributed by atoms with Gasteiger partial charge in [0.15, 0.2) is 0 Å². The molecule has 0 N–H and O–H groups in total. The Morgan fingerprint density at radius 3 is 2.65 bits per heavy atom. The van der Waals surface area contributed by atoms with Crippen LogP contribution >= 0.6 is 0 Å². The Morgan fingerprint density at radius 1 is 1.09 bits per heavy atom. The molecule has 120 valence electrons. The normalized spacial score (nSPS) is 30.0. The highest BCUT2D eigenvalue weighted by molar-refractivity contribution is 6.06. The molecule has 1 aromatic heterocycles. The van der Waals surface area contributed by atoms with Crippen molar-refractivity contribution in [2.75, 3.05) is 26.2 Å². The van der Waals surface area contributed by atoms with Gasteiger partial charge in [0.05, 0.1) is 11.1 Å². The molecule has 0 aliphatic carbocycles. The average Bonchev–Trinajstić information content (AvgIpc) is 2.91. The molecule has 1 unspecified atom stereocenters. The number of halogens is 1. The molecule has 0 saturated carbocycles. The van der Waals surface area contributed by atoms with E-state index in [9.17, 15) is 9.18 Å². The minimum absolute atomic E-state index is 0.00528. The molecule has 1 amide bonds. The lowest BCUT2D eigenvalue weighted by Crippen LogP contribution is -2.58. The quantitative estimate of drug-likeness (QED) is 0.808. The third-order valence-electron chi connectivity index (χ3n) is 5.92. The van der Waals surface area contributed by atoms with Gasteiger partial charge >= 0.3 is 0 Å². The molecule has 0 radical (unpaired) electrons. The van der Waals surface area contributed by atoms with Crippen molar-refractivity contribution in [3.05, 3.63) is 35.8 Å². The van der Waals surface area contributed by atoms with Crippen LogP contribution in [0.3, 0.4) is 0 Å². The second-order valence-corrected chi connectivity index (χ2v) is 7.10. The number of hydrogen-bond donors (Lipinski definition) is 0. The summed E-state index contributed by atoms with van der Waals surface area (Å²) in [7, 11) is 0. The van der Waals surface area contributed by atoms with Crippen LogP contribution in [0, 0.1) is 11.7 Å². The van der Waals surface area contributed by atoms with E-state index in [0.717, 1.165) is 37.1 Å². The second kappa shape index (κ2) is 4.81. The van der Waals surface area contributed by atoms with Crippen molar-refractivity contribution in [1.82, 2.24) is 14.4 Å². The fourth-order valence-corrected chi connectivity index (χ4v) is 4.74. The summed E-state index contributed by atoms with van der Waals surface area (Å²) in [5.41, 5.74) is 1.42. The van der Waals surface area contributed by atoms with E-state index in [2.05, 4.69) is 9.47 Å². The van der Waals surface area contributed by atoms with Crippen LogP contribution < -0.4 is 0 Å². The van der Waals surface area contributed by atoms with Crippen LogP contribution in [0.1, 0.15) is 23.2 Å². The van der Waals surface area contributed by atoms with Gasteiger partial charge < -0.3 is 14.4 Å². The lowest BCUT2D eigenvalue weighted by molar-refractivity contribution is 0.00725. The van der Waals surface area contributed by atoms with Crippen molar-refractivity contribution in [3.63, 3.8) is 0 Å². The summed E-state index contributed by atoms with van der Waals surface area (Å²) >= 11 is 0. The number of carbonyl (C=O) groups excluding carboxylic acids is 1. The van der Waals surface area contributed by atoms with Crippen LogP contribution in [0.4, 0.5) is 4.39 Å². The van der Waals surface area contributed by atoms with Gasteiger partial charge in [-0.15, -0.1) is 0 Å². The van der Waals surface area contributed by atoms with Crippen molar-refractivity contribution in [3.8, 4) is 0 Å². The average molecular weight is 313 g/mol. The Balaban J connectivity index is 1.58. The molecule has 4 aliphatic heterocycles. The number of benzene rings is 1. The van der Waals surface area contributed by atoms with Gasteiger partial charge in [0.2, 0.25) is 0 Å². The number of fused-ring (bicyclic) bond motifs is 3. The maximum Gasteiger partial charge on any atom is 0.256 e.